The molecule has 122 valence electrons. The zero-order valence-electron chi connectivity index (χ0n) is 12.7. The summed E-state index contributed by atoms with van der Waals surface area (Å²) in [7, 11) is 0. The molecule has 0 aliphatic rings. The topological polar surface area (TPSA) is 64.0 Å². The number of aromatic nitrogens is 2. The van der Waals surface area contributed by atoms with Crippen LogP contribution in [0.2, 0.25) is 10.0 Å². The van der Waals surface area contributed by atoms with Crippen LogP contribution >= 0.6 is 23.2 Å². The lowest BCUT2D eigenvalue weighted by molar-refractivity contribution is 0.0943. The first-order valence-corrected chi connectivity index (χ1v) is 8.07. The quantitative estimate of drug-likeness (QED) is 0.866. The number of amides is 1. The maximum absolute atomic E-state index is 12.2. The van der Waals surface area contributed by atoms with Gasteiger partial charge in [-0.1, -0.05) is 42.6 Å². The molecule has 0 unspecified atom stereocenters. The van der Waals surface area contributed by atoms with Crippen molar-refractivity contribution in [1.82, 2.24) is 15.1 Å². The van der Waals surface area contributed by atoms with E-state index < -0.39 is 0 Å². The Hall–Kier alpha value is -1.85. The van der Waals surface area contributed by atoms with Gasteiger partial charge in [-0.25, -0.2) is 4.68 Å². The minimum Gasteiger partial charge on any atom is -0.347 e. The number of hydrogen-bond donors (Lipinski definition) is 1. The Bertz CT molecular complexity index is 759. The van der Waals surface area contributed by atoms with Crippen LogP contribution in [0, 0.1) is 0 Å². The maximum Gasteiger partial charge on any atom is 0.271 e. The van der Waals surface area contributed by atoms with E-state index in [0.29, 0.717) is 16.6 Å². The van der Waals surface area contributed by atoms with E-state index in [4.69, 9.17) is 23.2 Å². The summed E-state index contributed by atoms with van der Waals surface area (Å²) in [5, 5.41) is 7.85. The number of carbonyl (C=O) groups is 1. The Morgan fingerprint density at radius 3 is 2.74 bits per heavy atom. The van der Waals surface area contributed by atoms with Crippen molar-refractivity contribution in [2.24, 2.45) is 0 Å². The summed E-state index contributed by atoms with van der Waals surface area (Å²) >= 11 is 11.9. The molecule has 0 radical (unpaired) electrons. The van der Waals surface area contributed by atoms with Gasteiger partial charge in [0.2, 0.25) is 0 Å². The van der Waals surface area contributed by atoms with E-state index in [1.807, 2.05) is 6.92 Å². The smallest absolute Gasteiger partial charge is 0.271 e. The zero-order valence-corrected chi connectivity index (χ0v) is 14.2. The number of nitrogens with one attached hydrogen (secondary N) is 1. The molecular weight excluding hydrogens is 337 g/mol. The molecule has 1 aromatic heterocycles. The van der Waals surface area contributed by atoms with Crippen molar-refractivity contribution >= 4 is 29.1 Å². The lowest BCUT2D eigenvalue weighted by Gasteiger charge is -2.08. The zero-order chi connectivity index (χ0) is 16.8. The van der Waals surface area contributed by atoms with Crippen LogP contribution in [0.25, 0.3) is 0 Å². The van der Waals surface area contributed by atoms with Gasteiger partial charge in [0.1, 0.15) is 5.69 Å². The summed E-state index contributed by atoms with van der Waals surface area (Å²) < 4.78 is 1.31. The summed E-state index contributed by atoms with van der Waals surface area (Å²) in [5.41, 5.74) is 0.741. The Morgan fingerprint density at radius 1 is 1.26 bits per heavy atom. The fourth-order valence-corrected chi connectivity index (χ4v) is 2.44. The van der Waals surface area contributed by atoms with Gasteiger partial charge in [0.05, 0.1) is 0 Å². The normalized spacial score (nSPS) is 10.6. The Balaban J connectivity index is 2.07. The first kappa shape index (κ1) is 17.5. The van der Waals surface area contributed by atoms with Crippen molar-refractivity contribution in [3.8, 4) is 0 Å². The van der Waals surface area contributed by atoms with Crippen molar-refractivity contribution in [1.29, 1.82) is 0 Å². The molecule has 0 aliphatic heterocycles. The number of hydrogen-bond acceptors (Lipinski definition) is 3. The van der Waals surface area contributed by atoms with Crippen LogP contribution in [0.1, 0.15) is 35.8 Å². The molecule has 0 aliphatic carbocycles. The SMILES string of the molecule is CCCCn1nc(C(=O)NCc2ccc(Cl)cc2Cl)ccc1=O. The molecule has 2 aromatic rings. The average molecular weight is 354 g/mol. The van der Waals surface area contributed by atoms with Crippen LogP contribution in [-0.4, -0.2) is 15.7 Å². The summed E-state index contributed by atoms with van der Waals surface area (Å²) in [6, 6.07) is 7.85. The van der Waals surface area contributed by atoms with Gasteiger partial charge in [-0.2, -0.15) is 5.10 Å². The second kappa shape index (κ2) is 8.13. The molecule has 23 heavy (non-hydrogen) atoms. The molecule has 0 atom stereocenters. The van der Waals surface area contributed by atoms with E-state index in [2.05, 4.69) is 10.4 Å². The van der Waals surface area contributed by atoms with E-state index in [9.17, 15) is 9.59 Å². The average Bonchev–Trinajstić information content (AvgIpc) is 2.53. The molecule has 1 aromatic carbocycles. The summed E-state index contributed by atoms with van der Waals surface area (Å²) in [6.07, 6.45) is 1.78. The van der Waals surface area contributed by atoms with Gasteiger partial charge in [-0.3, -0.25) is 9.59 Å². The van der Waals surface area contributed by atoms with E-state index in [-0.39, 0.29) is 23.7 Å². The second-order valence-electron chi connectivity index (χ2n) is 5.05. The predicted molar refractivity (Wildman–Crippen MR) is 91.0 cm³/mol. The second-order valence-corrected chi connectivity index (χ2v) is 5.90. The number of nitrogens with zero attached hydrogens (tertiary/aromatic N) is 2. The largest absolute Gasteiger partial charge is 0.347 e. The fraction of sp³-hybridized carbons (Fsp3) is 0.312. The lowest BCUT2D eigenvalue weighted by Crippen LogP contribution is -2.29. The molecule has 1 heterocycles. The van der Waals surface area contributed by atoms with E-state index in [1.54, 1.807) is 18.2 Å². The van der Waals surface area contributed by atoms with Crippen molar-refractivity contribution in [2.45, 2.75) is 32.9 Å². The van der Waals surface area contributed by atoms with E-state index in [0.717, 1.165) is 18.4 Å². The number of halogens is 2. The predicted octanol–water partition coefficient (Wildman–Crippen LogP) is 3.28. The summed E-state index contributed by atoms with van der Waals surface area (Å²) in [6.45, 7) is 2.78. The summed E-state index contributed by atoms with van der Waals surface area (Å²) in [4.78, 5) is 23.9. The number of carbonyl (C=O) groups excluding carboxylic acids is 1. The van der Waals surface area contributed by atoms with E-state index in [1.165, 1.54) is 16.8 Å². The Kier molecular flexibility index (Phi) is 6.19. The molecule has 5 nitrogen and oxygen atoms in total. The molecule has 1 amide bonds. The number of benzene rings is 1. The maximum atomic E-state index is 12.2. The van der Waals surface area contributed by atoms with Crippen LogP contribution in [0.4, 0.5) is 0 Å². The van der Waals surface area contributed by atoms with Gasteiger partial charge in [0.25, 0.3) is 11.5 Å². The van der Waals surface area contributed by atoms with Gasteiger partial charge in [-0.15, -0.1) is 0 Å². The van der Waals surface area contributed by atoms with Crippen molar-refractivity contribution < 1.29 is 4.79 Å². The third kappa shape index (κ3) is 4.81. The molecule has 2 rings (SSSR count). The van der Waals surface area contributed by atoms with Crippen LogP contribution in [0.5, 0.6) is 0 Å². The summed E-state index contributed by atoms with van der Waals surface area (Å²) in [5.74, 6) is -0.360. The molecule has 0 fully saturated rings. The first-order valence-electron chi connectivity index (χ1n) is 7.31. The van der Waals surface area contributed by atoms with Gasteiger partial charge in [0, 0.05) is 29.2 Å². The molecule has 1 N–H and O–H groups in total. The highest BCUT2D eigenvalue weighted by atomic mass is 35.5. The van der Waals surface area contributed by atoms with Gasteiger partial charge in [0.15, 0.2) is 0 Å². The number of aryl methyl sites for hydroxylation is 1. The van der Waals surface area contributed by atoms with Gasteiger partial charge in [-0.05, 0) is 30.2 Å². The number of rotatable bonds is 6. The van der Waals surface area contributed by atoms with Gasteiger partial charge < -0.3 is 5.32 Å². The van der Waals surface area contributed by atoms with Crippen LogP contribution < -0.4 is 10.9 Å². The highest BCUT2D eigenvalue weighted by Gasteiger charge is 2.10. The van der Waals surface area contributed by atoms with Crippen molar-refractivity contribution in [3.63, 3.8) is 0 Å². The van der Waals surface area contributed by atoms with Gasteiger partial charge >= 0.3 is 0 Å². The molecule has 0 saturated heterocycles. The molecular formula is C16H17Cl2N3O2. The van der Waals surface area contributed by atoms with Crippen LogP contribution in [-0.2, 0) is 13.1 Å². The first-order chi connectivity index (χ1) is 11.0. The van der Waals surface area contributed by atoms with Crippen molar-refractivity contribution in [2.75, 3.05) is 0 Å². The standard InChI is InChI=1S/C16H17Cl2N3O2/c1-2-3-8-21-15(22)7-6-14(20-21)16(23)19-10-11-4-5-12(17)9-13(11)18/h4-7,9H,2-3,8,10H2,1H3,(H,19,23). The number of unbranched alkanes of at least 4 members (excludes halogenated alkanes) is 1. The highest BCUT2D eigenvalue weighted by Crippen LogP contribution is 2.20. The molecule has 7 heteroatoms. The van der Waals surface area contributed by atoms with E-state index >= 15 is 0 Å². The van der Waals surface area contributed by atoms with Crippen molar-refractivity contribution in [3.05, 3.63) is 62.0 Å². The minimum absolute atomic E-state index is 0.200. The Morgan fingerprint density at radius 2 is 2.04 bits per heavy atom. The fourth-order valence-electron chi connectivity index (χ4n) is 1.97. The third-order valence-electron chi connectivity index (χ3n) is 3.28. The van der Waals surface area contributed by atoms with Crippen LogP contribution in [0.15, 0.2) is 35.1 Å². The monoisotopic (exact) mass is 353 g/mol. The van der Waals surface area contributed by atoms with Crippen LogP contribution in [0.3, 0.4) is 0 Å². The minimum atomic E-state index is -0.360. The molecule has 0 bridgehead atoms. The Labute approximate surface area is 144 Å². The molecule has 0 spiro atoms. The third-order valence-corrected chi connectivity index (χ3v) is 3.86. The lowest BCUT2D eigenvalue weighted by atomic mass is 10.2. The molecule has 0 saturated carbocycles. The highest BCUT2D eigenvalue weighted by molar-refractivity contribution is 6.35.